The predicted octanol–water partition coefficient (Wildman–Crippen LogP) is 3.86. The van der Waals surface area contributed by atoms with Gasteiger partial charge in [0.15, 0.2) is 0 Å². The van der Waals surface area contributed by atoms with Gasteiger partial charge in [-0.2, -0.15) is 0 Å². The number of likely N-dealkylation sites (tertiary alicyclic amines) is 1. The number of carbonyl (C=O) groups excluding carboxylic acids is 1. The molecule has 2 aliphatic rings. The first-order chi connectivity index (χ1) is 13.7. The molecule has 2 saturated heterocycles. The van der Waals surface area contributed by atoms with Gasteiger partial charge in [-0.15, -0.1) is 0 Å². The highest BCUT2D eigenvalue weighted by Gasteiger charge is 2.43. The van der Waals surface area contributed by atoms with E-state index in [0.29, 0.717) is 6.42 Å². The van der Waals surface area contributed by atoms with Crippen molar-refractivity contribution in [3.8, 4) is 5.75 Å². The number of nitrogens with one attached hydrogen (secondary N) is 1. The van der Waals surface area contributed by atoms with Crippen LogP contribution in [0, 0.1) is 5.82 Å². The molecule has 2 aromatic rings. The molecule has 4 nitrogen and oxygen atoms in total. The zero-order valence-electron chi connectivity index (χ0n) is 16.2. The molecule has 2 heterocycles. The first kappa shape index (κ1) is 18.9. The molecule has 4 rings (SSSR count). The van der Waals surface area contributed by atoms with Crippen LogP contribution in [0.15, 0.2) is 48.5 Å². The van der Waals surface area contributed by atoms with Gasteiger partial charge < -0.3 is 10.1 Å². The van der Waals surface area contributed by atoms with Gasteiger partial charge in [-0.25, -0.2) is 4.39 Å². The van der Waals surface area contributed by atoms with E-state index in [1.165, 1.54) is 6.07 Å². The molecule has 0 radical (unpaired) electrons. The van der Waals surface area contributed by atoms with Crippen molar-refractivity contribution in [2.45, 2.75) is 50.2 Å². The number of methoxy groups -OCH3 is 1. The van der Waals surface area contributed by atoms with E-state index in [4.69, 9.17) is 4.74 Å². The molecule has 1 amide bonds. The molecule has 2 aromatic carbocycles. The fourth-order valence-electron chi connectivity index (χ4n) is 4.74. The standard InChI is InChI=1S/C23H27FN2O2/c1-28-21-11-4-2-7-17(21)14-26-15-19(16-8-6-9-18(24)13-16)23-20(26)10-3-5-12-22(27)25-23/h2,4,6-9,11,13,19-20,23H,3,5,10,12,14-15H2,1H3,(H,25,27)/t19-,20+,23-/m0/s1. The summed E-state index contributed by atoms with van der Waals surface area (Å²) in [6.07, 6.45) is 3.56. The third-order valence-corrected chi connectivity index (χ3v) is 6.07. The van der Waals surface area contributed by atoms with Gasteiger partial charge in [-0.05, 0) is 36.6 Å². The van der Waals surface area contributed by atoms with Crippen molar-refractivity contribution >= 4 is 5.91 Å². The molecule has 0 aromatic heterocycles. The van der Waals surface area contributed by atoms with E-state index >= 15 is 0 Å². The van der Waals surface area contributed by atoms with Crippen LogP contribution in [-0.4, -0.2) is 36.5 Å². The fourth-order valence-corrected chi connectivity index (χ4v) is 4.74. The minimum Gasteiger partial charge on any atom is -0.496 e. The number of benzene rings is 2. The van der Waals surface area contributed by atoms with E-state index in [-0.39, 0.29) is 29.7 Å². The molecule has 3 atom stereocenters. The Balaban J connectivity index is 1.65. The smallest absolute Gasteiger partial charge is 0.220 e. The third-order valence-electron chi connectivity index (χ3n) is 6.07. The summed E-state index contributed by atoms with van der Waals surface area (Å²) < 4.78 is 19.4. The minimum absolute atomic E-state index is 0.00399. The summed E-state index contributed by atoms with van der Waals surface area (Å²) in [5.74, 6) is 0.838. The lowest BCUT2D eigenvalue weighted by atomic mass is 9.88. The first-order valence-electron chi connectivity index (χ1n) is 10.1. The second-order valence-electron chi connectivity index (χ2n) is 7.81. The van der Waals surface area contributed by atoms with E-state index in [9.17, 15) is 9.18 Å². The first-order valence-corrected chi connectivity index (χ1v) is 10.1. The largest absolute Gasteiger partial charge is 0.496 e. The molecule has 0 unspecified atom stereocenters. The Bertz CT molecular complexity index is 841. The number of amides is 1. The van der Waals surface area contributed by atoms with Gasteiger partial charge in [0.05, 0.1) is 13.2 Å². The molecule has 5 heteroatoms. The Kier molecular flexibility index (Phi) is 5.62. The molecule has 0 bridgehead atoms. The van der Waals surface area contributed by atoms with Gasteiger partial charge in [0, 0.05) is 37.0 Å². The highest BCUT2D eigenvalue weighted by atomic mass is 19.1. The van der Waals surface area contributed by atoms with Crippen molar-refractivity contribution in [2.24, 2.45) is 0 Å². The number of rotatable bonds is 4. The number of nitrogens with zero attached hydrogens (tertiary/aromatic N) is 1. The van der Waals surface area contributed by atoms with Crippen LogP contribution in [0.1, 0.15) is 42.7 Å². The van der Waals surface area contributed by atoms with Gasteiger partial charge in [0.25, 0.3) is 0 Å². The molecule has 2 aliphatic heterocycles. The monoisotopic (exact) mass is 382 g/mol. The molecule has 0 aliphatic carbocycles. The highest BCUT2D eigenvalue weighted by molar-refractivity contribution is 5.76. The van der Waals surface area contributed by atoms with E-state index < -0.39 is 0 Å². The second-order valence-corrected chi connectivity index (χ2v) is 7.81. The maximum Gasteiger partial charge on any atom is 0.220 e. The Labute approximate surface area is 165 Å². The van der Waals surface area contributed by atoms with E-state index in [1.807, 2.05) is 24.3 Å². The van der Waals surface area contributed by atoms with E-state index in [0.717, 1.165) is 49.2 Å². The third kappa shape index (κ3) is 3.90. The van der Waals surface area contributed by atoms with E-state index in [2.05, 4.69) is 16.3 Å². The number of halogens is 1. The second kappa shape index (κ2) is 8.31. The van der Waals surface area contributed by atoms with Crippen LogP contribution in [0.3, 0.4) is 0 Å². The Morgan fingerprint density at radius 2 is 2.04 bits per heavy atom. The lowest BCUT2D eigenvalue weighted by molar-refractivity contribution is -0.122. The summed E-state index contributed by atoms with van der Waals surface area (Å²) in [4.78, 5) is 14.8. The maximum absolute atomic E-state index is 13.9. The van der Waals surface area contributed by atoms with Crippen LogP contribution in [-0.2, 0) is 11.3 Å². The van der Waals surface area contributed by atoms with Crippen molar-refractivity contribution in [2.75, 3.05) is 13.7 Å². The lowest BCUT2D eigenvalue weighted by Crippen LogP contribution is -2.47. The molecule has 28 heavy (non-hydrogen) atoms. The van der Waals surface area contributed by atoms with Crippen LogP contribution in [0.25, 0.3) is 0 Å². The molecule has 2 fully saturated rings. The Morgan fingerprint density at radius 3 is 2.86 bits per heavy atom. The fraction of sp³-hybridized carbons (Fsp3) is 0.435. The van der Waals surface area contributed by atoms with Gasteiger partial charge in [0.2, 0.25) is 5.91 Å². The molecular formula is C23H27FN2O2. The van der Waals surface area contributed by atoms with E-state index in [1.54, 1.807) is 19.2 Å². The summed E-state index contributed by atoms with van der Waals surface area (Å²) in [6, 6.07) is 15.1. The zero-order chi connectivity index (χ0) is 19.5. The number of hydrogen-bond acceptors (Lipinski definition) is 3. The van der Waals surface area contributed by atoms with Crippen LogP contribution in [0.4, 0.5) is 4.39 Å². The predicted molar refractivity (Wildman–Crippen MR) is 107 cm³/mol. The highest BCUT2D eigenvalue weighted by Crippen LogP contribution is 2.37. The number of para-hydroxylation sites is 1. The zero-order valence-corrected chi connectivity index (χ0v) is 16.2. The maximum atomic E-state index is 13.9. The lowest BCUT2D eigenvalue weighted by Gasteiger charge is -2.31. The average molecular weight is 382 g/mol. The summed E-state index contributed by atoms with van der Waals surface area (Å²) >= 11 is 0. The molecular weight excluding hydrogens is 355 g/mol. The van der Waals surface area contributed by atoms with Crippen LogP contribution in [0.5, 0.6) is 5.75 Å². The number of fused-ring (bicyclic) bond motifs is 1. The normalized spacial score (nSPS) is 25.5. The van der Waals surface area contributed by atoms with Crippen molar-refractivity contribution in [3.63, 3.8) is 0 Å². The van der Waals surface area contributed by atoms with Gasteiger partial charge in [-0.3, -0.25) is 9.69 Å². The number of hydrogen-bond donors (Lipinski definition) is 1. The van der Waals surface area contributed by atoms with Crippen molar-refractivity contribution < 1.29 is 13.9 Å². The van der Waals surface area contributed by atoms with Gasteiger partial charge in [-0.1, -0.05) is 36.8 Å². The average Bonchev–Trinajstić information content (AvgIpc) is 3.00. The van der Waals surface area contributed by atoms with Crippen molar-refractivity contribution in [3.05, 3.63) is 65.5 Å². The number of ether oxygens (including phenoxy) is 1. The van der Waals surface area contributed by atoms with Crippen LogP contribution in [0.2, 0.25) is 0 Å². The molecule has 0 spiro atoms. The van der Waals surface area contributed by atoms with Crippen molar-refractivity contribution in [1.82, 2.24) is 10.2 Å². The van der Waals surface area contributed by atoms with Crippen molar-refractivity contribution in [1.29, 1.82) is 0 Å². The van der Waals surface area contributed by atoms with Gasteiger partial charge in [0.1, 0.15) is 11.6 Å². The summed E-state index contributed by atoms with van der Waals surface area (Å²) in [6.45, 7) is 1.55. The summed E-state index contributed by atoms with van der Waals surface area (Å²) in [7, 11) is 1.69. The number of carbonyl (C=O) groups is 1. The topological polar surface area (TPSA) is 41.6 Å². The molecule has 1 N–H and O–H groups in total. The summed E-state index contributed by atoms with van der Waals surface area (Å²) in [5.41, 5.74) is 2.09. The molecule has 148 valence electrons. The quantitative estimate of drug-likeness (QED) is 0.873. The summed E-state index contributed by atoms with van der Waals surface area (Å²) in [5, 5.41) is 3.26. The Morgan fingerprint density at radius 1 is 1.18 bits per heavy atom. The van der Waals surface area contributed by atoms with Crippen LogP contribution >= 0.6 is 0 Å². The van der Waals surface area contributed by atoms with Gasteiger partial charge >= 0.3 is 0 Å². The molecule has 0 saturated carbocycles. The Hall–Kier alpha value is -2.40. The SMILES string of the molecule is COc1ccccc1CN1C[C@@H](c2cccc(F)c2)[C@@H]2NC(=O)CCCC[C@H]21. The van der Waals surface area contributed by atoms with Crippen LogP contribution < -0.4 is 10.1 Å². The minimum atomic E-state index is -0.227.